The third-order valence-electron chi connectivity index (χ3n) is 8.58. The van der Waals surface area contributed by atoms with Crippen LogP contribution in [0.5, 0.6) is 0 Å². The van der Waals surface area contributed by atoms with Crippen LogP contribution in [0.25, 0.3) is 16.9 Å². The molecule has 2 aliphatic heterocycles. The monoisotopic (exact) mass is 583 g/mol. The Hall–Kier alpha value is -3.54. The highest BCUT2D eigenvalue weighted by Crippen LogP contribution is 2.34. The van der Waals surface area contributed by atoms with Crippen LogP contribution >= 0.6 is 0 Å². The van der Waals surface area contributed by atoms with Crippen LogP contribution in [0.4, 0.5) is 25.3 Å². The lowest BCUT2D eigenvalue weighted by Gasteiger charge is -2.35. The summed E-state index contributed by atoms with van der Waals surface area (Å²) in [4.78, 5) is 30.2. The molecule has 6 rings (SSSR count). The minimum atomic E-state index is -2.77. The highest BCUT2D eigenvalue weighted by Gasteiger charge is 2.42. The van der Waals surface area contributed by atoms with Gasteiger partial charge in [-0.25, -0.2) is 18.6 Å². The third-order valence-corrected chi connectivity index (χ3v) is 8.58. The first kappa shape index (κ1) is 28.6. The normalized spacial score (nSPS) is 24.5. The Morgan fingerprint density at radius 2 is 1.83 bits per heavy atom. The van der Waals surface area contributed by atoms with Gasteiger partial charge in [0.05, 0.1) is 36.8 Å². The number of nitrogens with zero attached hydrogens (tertiary/aromatic N) is 6. The molecular weight excluding hydrogens is 544 g/mol. The van der Waals surface area contributed by atoms with Crippen LogP contribution in [-0.2, 0) is 9.47 Å². The molecule has 3 aliphatic rings. The highest BCUT2D eigenvalue weighted by atomic mass is 19.3. The third kappa shape index (κ3) is 5.73. The van der Waals surface area contributed by atoms with Crippen molar-refractivity contribution < 1.29 is 23.0 Å². The van der Waals surface area contributed by atoms with Crippen LogP contribution in [0.3, 0.4) is 0 Å². The number of hydrogen-bond acceptors (Lipinski definition) is 8. The topological polar surface area (TPSA) is 97.6 Å². The molecule has 0 bridgehead atoms. The lowest BCUT2D eigenvalue weighted by atomic mass is 9.85. The average Bonchev–Trinajstić information content (AvgIpc) is 3.47. The number of nitrogens with one attached hydrogen (secondary N) is 1. The smallest absolute Gasteiger partial charge is 0.410 e. The van der Waals surface area contributed by atoms with Crippen molar-refractivity contribution in [3.05, 3.63) is 35.7 Å². The maximum Gasteiger partial charge on any atom is 0.410 e. The Labute approximate surface area is 244 Å². The summed E-state index contributed by atoms with van der Waals surface area (Å²) in [7, 11) is 0. The molecule has 3 fully saturated rings. The zero-order valence-corrected chi connectivity index (χ0v) is 24.6. The number of fused-ring (bicyclic) bond motifs is 1. The van der Waals surface area contributed by atoms with Gasteiger partial charge in [-0.05, 0) is 77.0 Å². The molecule has 10 nitrogen and oxygen atoms in total. The zero-order valence-electron chi connectivity index (χ0n) is 24.6. The van der Waals surface area contributed by atoms with E-state index >= 15 is 0 Å². The summed E-state index contributed by atoms with van der Waals surface area (Å²) in [6.07, 6.45) is 0.733. The lowest BCUT2D eigenvalue weighted by Crippen LogP contribution is -2.44. The Kier molecular flexibility index (Phi) is 7.67. The number of imidazole rings is 1. The quantitative estimate of drug-likeness (QED) is 0.390. The second-order valence-corrected chi connectivity index (χ2v) is 12.4. The van der Waals surface area contributed by atoms with Gasteiger partial charge in [0.1, 0.15) is 17.2 Å². The second kappa shape index (κ2) is 11.3. The number of halogens is 2. The number of aryl methyl sites for hydroxylation is 1. The van der Waals surface area contributed by atoms with Gasteiger partial charge in [0.15, 0.2) is 5.82 Å². The Bertz CT molecular complexity index is 1450. The number of benzene rings is 1. The number of cyclic esters (lactones) is 1. The van der Waals surface area contributed by atoms with Crippen molar-refractivity contribution in [3.8, 4) is 5.82 Å². The molecule has 1 N–H and O–H groups in total. The summed E-state index contributed by atoms with van der Waals surface area (Å²) in [5.74, 6) is 1.43. The zero-order chi connectivity index (χ0) is 29.6. The van der Waals surface area contributed by atoms with Gasteiger partial charge in [-0.3, -0.25) is 4.57 Å². The molecule has 226 valence electrons. The number of morpholine rings is 1. The molecular formula is C30H39F2N7O3. The fourth-order valence-electron chi connectivity index (χ4n) is 6.40. The molecule has 1 atom stereocenters. The summed E-state index contributed by atoms with van der Waals surface area (Å²) in [5, 5.41) is 3.42. The summed E-state index contributed by atoms with van der Waals surface area (Å²) in [6, 6.07) is 7.52. The van der Waals surface area contributed by atoms with E-state index in [1.165, 1.54) is 4.57 Å². The van der Waals surface area contributed by atoms with E-state index in [-0.39, 0.29) is 24.0 Å². The fraction of sp³-hybridized carbons (Fsp3) is 0.600. The van der Waals surface area contributed by atoms with Crippen molar-refractivity contribution in [3.63, 3.8) is 0 Å². The number of aromatic nitrogens is 4. The molecule has 1 saturated carbocycles. The largest absolute Gasteiger partial charge is 0.441 e. The molecule has 1 amide bonds. The molecule has 42 heavy (non-hydrogen) atoms. The molecule has 3 aromatic rings. The van der Waals surface area contributed by atoms with Crippen molar-refractivity contribution in [2.24, 2.45) is 5.92 Å². The number of ether oxygens (including phenoxy) is 2. The standard InChI is InChI=1S/C30H39F2N7O3/c1-18-5-10-22-23(13-18)39(27(34-22)26(31)32)25-14-24(37-11-12-41-16-19(37)2)35-28(36-25)33-15-20-6-8-21(9-7-20)38-17-30(3,4)42-29(38)40/h5,10,13-14,19-21,26H,6-9,11-12,15-17H2,1-4H3,(H,33,35,36)/t19-,20-,21-/m0/s1. The SMILES string of the molecule is Cc1ccc2nc(C(F)F)n(-c3cc(N4CCOC[C@@H]4C)nc(NC[C@H]4CC[C@H](N5CC(C)(C)OC5=O)CC4)n3)c2c1. The molecule has 2 aromatic heterocycles. The first-order valence-corrected chi connectivity index (χ1v) is 14.8. The number of amides is 1. The van der Waals surface area contributed by atoms with Gasteiger partial charge in [0.2, 0.25) is 5.95 Å². The number of carbonyl (C=O) groups is 1. The molecule has 0 spiro atoms. The minimum Gasteiger partial charge on any atom is -0.441 e. The van der Waals surface area contributed by atoms with Crippen LogP contribution < -0.4 is 10.2 Å². The van der Waals surface area contributed by atoms with E-state index in [0.29, 0.717) is 67.4 Å². The predicted molar refractivity (Wildman–Crippen MR) is 155 cm³/mol. The van der Waals surface area contributed by atoms with Crippen LogP contribution in [0, 0.1) is 12.8 Å². The van der Waals surface area contributed by atoms with Crippen molar-refractivity contribution >= 4 is 28.9 Å². The van der Waals surface area contributed by atoms with E-state index in [1.807, 2.05) is 37.8 Å². The Morgan fingerprint density at radius 1 is 1.07 bits per heavy atom. The van der Waals surface area contributed by atoms with Gasteiger partial charge < -0.3 is 24.6 Å². The summed E-state index contributed by atoms with van der Waals surface area (Å²) in [5.41, 5.74) is 1.57. The van der Waals surface area contributed by atoms with Crippen LogP contribution in [0.1, 0.15) is 64.3 Å². The van der Waals surface area contributed by atoms with Gasteiger partial charge in [0, 0.05) is 25.2 Å². The van der Waals surface area contributed by atoms with E-state index in [2.05, 4.69) is 22.1 Å². The van der Waals surface area contributed by atoms with Crippen molar-refractivity contribution in [1.82, 2.24) is 24.4 Å². The molecule has 1 aromatic carbocycles. The van der Waals surface area contributed by atoms with E-state index < -0.39 is 12.0 Å². The Balaban J connectivity index is 1.26. The number of alkyl halides is 2. The first-order chi connectivity index (χ1) is 20.1. The number of anilines is 2. The molecule has 0 unspecified atom stereocenters. The van der Waals surface area contributed by atoms with Gasteiger partial charge >= 0.3 is 6.09 Å². The molecule has 2 saturated heterocycles. The van der Waals surface area contributed by atoms with Crippen LogP contribution in [-0.4, -0.2) is 81.0 Å². The van der Waals surface area contributed by atoms with Crippen LogP contribution in [0.15, 0.2) is 24.3 Å². The number of hydrogen-bond donors (Lipinski definition) is 1. The molecule has 1 aliphatic carbocycles. The van der Waals surface area contributed by atoms with E-state index in [1.54, 1.807) is 12.1 Å². The highest BCUT2D eigenvalue weighted by molar-refractivity contribution is 5.79. The van der Waals surface area contributed by atoms with E-state index in [4.69, 9.17) is 19.4 Å². The lowest BCUT2D eigenvalue weighted by molar-refractivity contribution is 0.0847. The van der Waals surface area contributed by atoms with Crippen LogP contribution in [0.2, 0.25) is 0 Å². The summed E-state index contributed by atoms with van der Waals surface area (Å²) in [6.45, 7) is 10.9. The van der Waals surface area contributed by atoms with E-state index in [9.17, 15) is 13.6 Å². The van der Waals surface area contributed by atoms with Gasteiger partial charge in [-0.2, -0.15) is 9.97 Å². The van der Waals surface area contributed by atoms with Crippen molar-refractivity contribution in [1.29, 1.82) is 0 Å². The van der Waals surface area contributed by atoms with Gasteiger partial charge in [-0.1, -0.05) is 6.07 Å². The van der Waals surface area contributed by atoms with E-state index in [0.717, 1.165) is 31.2 Å². The van der Waals surface area contributed by atoms with Crippen molar-refractivity contribution in [2.45, 2.75) is 77.5 Å². The second-order valence-electron chi connectivity index (χ2n) is 12.4. The van der Waals surface area contributed by atoms with Gasteiger partial charge in [0.25, 0.3) is 6.43 Å². The number of carbonyl (C=O) groups excluding carboxylic acids is 1. The maximum atomic E-state index is 14.3. The maximum absolute atomic E-state index is 14.3. The summed E-state index contributed by atoms with van der Waals surface area (Å²) >= 11 is 0. The molecule has 12 heteroatoms. The minimum absolute atomic E-state index is 0.0724. The fourth-order valence-corrected chi connectivity index (χ4v) is 6.40. The molecule has 0 radical (unpaired) electrons. The first-order valence-electron chi connectivity index (χ1n) is 14.8. The van der Waals surface area contributed by atoms with Crippen molar-refractivity contribution in [2.75, 3.05) is 43.1 Å². The Morgan fingerprint density at radius 3 is 2.52 bits per heavy atom. The molecule has 4 heterocycles. The average molecular weight is 584 g/mol. The number of rotatable bonds is 7. The predicted octanol–water partition coefficient (Wildman–Crippen LogP) is 5.49. The summed E-state index contributed by atoms with van der Waals surface area (Å²) < 4.78 is 41.1. The van der Waals surface area contributed by atoms with Gasteiger partial charge in [-0.15, -0.1) is 0 Å².